The number of aromatic nitrogens is 1. The lowest BCUT2D eigenvalue weighted by atomic mass is 10.1. The number of nitrogens with zero attached hydrogens (tertiary/aromatic N) is 2. The Morgan fingerprint density at radius 1 is 1.13 bits per heavy atom. The van der Waals surface area contributed by atoms with Gasteiger partial charge in [-0.05, 0) is 43.2 Å². The first-order chi connectivity index (χ1) is 14.5. The molecule has 30 heavy (non-hydrogen) atoms. The lowest BCUT2D eigenvalue weighted by Gasteiger charge is -2.15. The lowest BCUT2D eigenvalue weighted by Crippen LogP contribution is -2.25. The first-order valence-corrected chi connectivity index (χ1v) is 9.93. The van der Waals surface area contributed by atoms with Gasteiger partial charge in [-0.15, -0.1) is 0 Å². The van der Waals surface area contributed by atoms with E-state index < -0.39 is 11.9 Å². The van der Waals surface area contributed by atoms with Crippen LogP contribution in [0, 0.1) is 0 Å². The topological polar surface area (TPSA) is 80.6 Å². The van der Waals surface area contributed by atoms with Crippen molar-refractivity contribution in [1.29, 1.82) is 0 Å². The van der Waals surface area contributed by atoms with Gasteiger partial charge in [0, 0.05) is 48.5 Å². The summed E-state index contributed by atoms with van der Waals surface area (Å²) in [6.45, 7) is 4.54. The minimum absolute atomic E-state index is 0.00174. The molecule has 1 aromatic heterocycles. The second kappa shape index (κ2) is 8.02. The molecule has 0 unspecified atom stereocenters. The molecule has 2 amide bonds. The minimum atomic E-state index is -0.528. The van der Waals surface area contributed by atoms with Gasteiger partial charge in [0.15, 0.2) is 6.61 Å². The van der Waals surface area contributed by atoms with E-state index in [0.717, 1.165) is 35.1 Å². The van der Waals surface area contributed by atoms with E-state index in [9.17, 15) is 14.4 Å². The zero-order valence-corrected chi connectivity index (χ0v) is 17.0. The Morgan fingerprint density at radius 3 is 2.70 bits per heavy atom. The molecule has 3 aromatic rings. The maximum absolute atomic E-state index is 12.5. The number of fused-ring (bicyclic) bond motifs is 2. The van der Waals surface area contributed by atoms with Crippen molar-refractivity contribution in [3.63, 3.8) is 0 Å². The van der Waals surface area contributed by atoms with Crippen LogP contribution in [0.2, 0.25) is 0 Å². The summed E-state index contributed by atoms with van der Waals surface area (Å²) in [5, 5.41) is 3.56. The van der Waals surface area contributed by atoms with Crippen LogP contribution in [0.1, 0.15) is 29.8 Å². The molecule has 7 heteroatoms. The van der Waals surface area contributed by atoms with Crippen LogP contribution in [-0.4, -0.2) is 35.5 Å². The van der Waals surface area contributed by atoms with Crippen molar-refractivity contribution in [2.24, 2.45) is 0 Å². The molecule has 1 aliphatic rings. The molecule has 1 N–H and O–H groups in total. The number of carbonyl (C=O) groups excluding carboxylic acids is 3. The fourth-order valence-electron chi connectivity index (χ4n) is 3.88. The molecule has 0 atom stereocenters. The minimum Gasteiger partial charge on any atom is -0.452 e. The van der Waals surface area contributed by atoms with E-state index in [-0.39, 0.29) is 12.5 Å². The van der Waals surface area contributed by atoms with E-state index in [2.05, 4.69) is 5.32 Å². The summed E-state index contributed by atoms with van der Waals surface area (Å²) in [6, 6.07) is 13.0. The van der Waals surface area contributed by atoms with Crippen molar-refractivity contribution in [3.8, 4) is 0 Å². The van der Waals surface area contributed by atoms with Crippen LogP contribution < -0.4 is 10.2 Å². The average molecular weight is 405 g/mol. The highest BCUT2D eigenvalue weighted by Crippen LogP contribution is 2.30. The normalized spacial score (nSPS) is 12.7. The molecule has 0 aliphatic carbocycles. The van der Waals surface area contributed by atoms with Crippen LogP contribution in [0.3, 0.4) is 0 Å². The predicted molar refractivity (Wildman–Crippen MR) is 115 cm³/mol. The number of para-hydroxylation sites is 1. The number of nitrogens with one attached hydrogen (secondary N) is 1. The van der Waals surface area contributed by atoms with Crippen LogP contribution >= 0.6 is 0 Å². The SMILES string of the molecule is CCn1cc(C(=O)OCC(=O)Nc2ccc3c(c2)CCN3C(C)=O)c2ccccc21. The molecule has 1 aliphatic heterocycles. The van der Waals surface area contributed by atoms with E-state index in [4.69, 9.17) is 4.74 Å². The number of ether oxygens (including phenoxy) is 1. The number of amides is 2. The number of carbonyl (C=O) groups is 3. The van der Waals surface area contributed by atoms with Crippen molar-refractivity contribution in [3.05, 3.63) is 59.8 Å². The largest absolute Gasteiger partial charge is 0.452 e. The molecular formula is C23H23N3O4. The molecular weight excluding hydrogens is 382 g/mol. The van der Waals surface area contributed by atoms with Crippen molar-refractivity contribution >= 4 is 40.1 Å². The van der Waals surface area contributed by atoms with Crippen molar-refractivity contribution in [1.82, 2.24) is 4.57 Å². The number of esters is 1. The van der Waals surface area contributed by atoms with E-state index in [0.29, 0.717) is 17.8 Å². The quantitative estimate of drug-likeness (QED) is 0.660. The van der Waals surface area contributed by atoms with Gasteiger partial charge in [-0.3, -0.25) is 9.59 Å². The van der Waals surface area contributed by atoms with Crippen LogP contribution in [0.4, 0.5) is 11.4 Å². The molecule has 4 rings (SSSR count). The predicted octanol–water partition coefficient (Wildman–Crippen LogP) is 3.37. The number of aryl methyl sites for hydroxylation is 1. The second-order valence-electron chi connectivity index (χ2n) is 7.23. The van der Waals surface area contributed by atoms with Gasteiger partial charge < -0.3 is 19.5 Å². The average Bonchev–Trinajstić information content (AvgIpc) is 3.33. The van der Waals surface area contributed by atoms with Crippen molar-refractivity contribution in [2.45, 2.75) is 26.8 Å². The fraction of sp³-hybridized carbons (Fsp3) is 0.261. The zero-order valence-electron chi connectivity index (χ0n) is 17.0. The lowest BCUT2D eigenvalue weighted by molar-refractivity contribution is -0.119. The molecule has 2 aromatic carbocycles. The van der Waals surface area contributed by atoms with Gasteiger partial charge in [0.25, 0.3) is 5.91 Å². The number of anilines is 2. The molecule has 154 valence electrons. The third kappa shape index (κ3) is 3.66. The first-order valence-electron chi connectivity index (χ1n) is 9.93. The number of benzene rings is 2. The molecule has 0 fully saturated rings. The summed E-state index contributed by atoms with van der Waals surface area (Å²) in [7, 11) is 0. The Hall–Kier alpha value is -3.61. The highest BCUT2D eigenvalue weighted by molar-refractivity contribution is 6.05. The van der Waals surface area contributed by atoms with Crippen LogP contribution in [-0.2, 0) is 27.3 Å². The smallest absolute Gasteiger partial charge is 0.340 e. The van der Waals surface area contributed by atoms with Gasteiger partial charge in [-0.1, -0.05) is 18.2 Å². The fourth-order valence-corrected chi connectivity index (χ4v) is 3.88. The second-order valence-corrected chi connectivity index (χ2v) is 7.23. The molecule has 0 bridgehead atoms. The highest BCUT2D eigenvalue weighted by Gasteiger charge is 2.22. The van der Waals surface area contributed by atoms with Crippen LogP contribution in [0.5, 0.6) is 0 Å². The van der Waals surface area contributed by atoms with Gasteiger partial charge in [0.05, 0.1) is 5.56 Å². The third-order valence-electron chi connectivity index (χ3n) is 5.32. The summed E-state index contributed by atoms with van der Waals surface area (Å²) < 4.78 is 7.23. The Morgan fingerprint density at radius 2 is 1.93 bits per heavy atom. The van der Waals surface area contributed by atoms with Crippen LogP contribution in [0.25, 0.3) is 10.9 Å². The van der Waals surface area contributed by atoms with Crippen LogP contribution in [0.15, 0.2) is 48.7 Å². The summed E-state index contributed by atoms with van der Waals surface area (Å²) >= 11 is 0. The zero-order chi connectivity index (χ0) is 21.3. The van der Waals surface area contributed by atoms with Gasteiger partial charge in [-0.2, -0.15) is 0 Å². The molecule has 0 radical (unpaired) electrons. The monoisotopic (exact) mass is 405 g/mol. The van der Waals surface area contributed by atoms with Crippen molar-refractivity contribution < 1.29 is 19.1 Å². The van der Waals surface area contributed by atoms with Gasteiger partial charge >= 0.3 is 5.97 Å². The summed E-state index contributed by atoms with van der Waals surface area (Å²) in [4.78, 5) is 38.2. The molecule has 0 saturated heterocycles. The number of hydrogen-bond acceptors (Lipinski definition) is 4. The third-order valence-corrected chi connectivity index (χ3v) is 5.32. The van der Waals surface area contributed by atoms with E-state index in [1.807, 2.05) is 47.9 Å². The Labute approximate surface area is 174 Å². The summed E-state index contributed by atoms with van der Waals surface area (Å²) in [6.07, 6.45) is 2.50. The molecule has 7 nitrogen and oxygen atoms in total. The number of hydrogen-bond donors (Lipinski definition) is 1. The van der Waals surface area contributed by atoms with Gasteiger partial charge in [0.2, 0.25) is 5.91 Å². The van der Waals surface area contributed by atoms with Gasteiger partial charge in [-0.25, -0.2) is 4.79 Å². The maximum Gasteiger partial charge on any atom is 0.340 e. The maximum atomic E-state index is 12.5. The van der Waals surface area contributed by atoms with Gasteiger partial charge in [0.1, 0.15) is 0 Å². The van der Waals surface area contributed by atoms with E-state index >= 15 is 0 Å². The Bertz CT molecular complexity index is 1150. The Balaban J connectivity index is 1.40. The molecule has 0 spiro atoms. The standard InChI is InChI=1S/C23H23N3O4/c1-3-25-13-19(18-6-4-5-7-21(18)25)23(29)30-14-22(28)24-17-8-9-20-16(12-17)10-11-26(20)15(2)27/h4-9,12-13H,3,10-11,14H2,1-2H3,(H,24,28). The number of rotatable bonds is 5. The first kappa shape index (κ1) is 19.7. The summed E-state index contributed by atoms with van der Waals surface area (Å²) in [5.74, 6) is -0.939. The van der Waals surface area contributed by atoms with E-state index in [1.54, 1.807) is 17.2 Å². The molecule has 2 heterocycles. The summed E-state index contributed by atoms with van der Waals surface area (Å²) in [5.41, 5.74) is 3.89. The van der Waals surface area contributed by atoms with Crippen molar-refractivity contribution in [2.75, 3.05) is 23.4 Å². The molecule has 0 saturated carbocycles. The van der Waals surface area contributed by atoms with E-state index in [1.165, 1.54) is 6.92 Å². The Kier molecular flexibility index (Phi) is 5.27. The highest BCUT2D eigenvalue weighted by atomic mass is 16.5.